The summed E-state index contributed by atoms with van der Waals surface area (Å²) in [6, 6.07) is 0.611. The maximum absolute atomic E-state index is 4.72. The van der Waals surface area contributed by atoms with Gasteiger partial charge in [-0.3, -0.25) is 0 Å². The summed E-state index contributed by atoms with van der Waals surface area (Å²) in [7, 11) is 0. The predicted octanol–water partition coefficient (Wildman–Crippen LogP) is 3.06. The van der Waals surface area contributed by atoms with Crippen LogP contribution >= 0.6 is 11.3 Å². The van der Waals surface area contributed by atoms with Crippen LogP contribution in [0.25, 0.3) is 0 Å². The molecule has 4 heteroatoms. The van der Waals surface area contributed by atoms with Crippen LogP contribution < -0.4 is 10.2 Å². The van der Waals surface area contributed by atoms with Gasteiger partial charge in [-0.05, 0) is 40.0 Å². The molecule has 1 aliphatic heterocycles. The number of nitrogens with zero attached hydrogens (tertiary/aromatic N) is 2. The van der Waals surface area contributed by atoms with E-state index in [4.69, 9.17) is 4.98 Å². The minimum Gasteiger partial charge on any atom is -0.344 e. The van der Waals surface area contributed by atoms with Crippen LogP contribution in [-0.4, -0.2) is 29.7 Å². The Morgan fingerprint density at radius 1 is 1.50 bits per heavy atom. The van der Waals surface area contributed by atoms with Crippen LogP contribution in [0.2, 0.25) is 0 Å². The van der Waals surface area contributed by atoms with Gasteiger partial charge in [0, 0.05) is 30.1 Å². The van der Waals surface area contributed by atoms with Crippen molar-refractivity contribution in [3.05, 3.63) is 11.1 Å². The SMILES string of the molecule is CCc1csc(N2CCCC2CNC(C)(C)C)n1. The van der Waals surface area contributed by atoms with Gasteiger partial charge in [-0.15, -0.1) is 11.3 Å². The first kappa shape index (κ1) is 13.8. The van der Waals surface area contributed by atoms with Crippen molar-refractivity contribution in [3.8, 4) is 0 Å². The van der Waals surface area contributed by atoms with Gasteiger partial charge >= 0.3 is 0 Å². The Morgan fingerprint density at radius 2 is 2.28 bits per heavy atom. The quantitative estimate of drug-likeness (QED) is 0.909. The van der Waals surface area contributed by atoms with E-state index in [1.807, 2.05) is 0 Å². The molecule has 1 N–H and O–H groups in total. The molecule has 1 unspecified atom stereocenters. The molecule has 1 aliphatic rings. The zero-order valence-corrected chi connectivity index (χ0v) is 12.8. The Labute approximate surface area is 115 Å². The van der Waals surface area contributed by atoms with E-state index in [2.05, 4.69) is 43.3 Å². The number of nitrogens with one attached hydrogen (secondary N) is 1. The van der Waals surface area contributed by atoms with Gasteiger partial charge in [-0.25, -0.2) is 4.98 Å². The molecule has 102 valence electrons. The second-order valence-electron chi connectivity index (χ2n) is 6.10. The topological polar surface area (TPSA) is 28.2 Å². The predicted molar refractivity (Wildman–Crippen MR) is 79.6 cm³/mol. The van der Waals surface area contributed by atoms with Crippen LogP contribution in [0.1, 0.15) is 46.2 Å². The van der Waals surface area contributed by atoms with E-state index < -0.39 is 0 Å². The van der Waals surface area contributed by atoms with Gasteiger partial charge in [0.15, 0.2) is 5.13 Å². The fourth-order valence-electron chi connectivity index (χ4n) is 2.31. The molecule has 0 spiro atoms. The highest BCUT2D eigenvalue weighted by Crippen LogP contribution is 2.28. The van der Waals surface area contributed by atoms with E-state index in [1.165, 1.54) is 23.7 Å². The highest BCUT2D eigenvalue weighted by molar-refractivity contribution is 7.13. The molecule has 1 fully saturated rings. The third kappa shape index (κ3) is 3.45. The Kier molecular flexibility index (Phi) is 4.28. The number of aromatic nitrogens is 1. The Bertz CT molecular complexity index is 381. The molecule has 0 amide bonds. The lowest BCUT2D eigenvalue weighted by Gasteiger charge is -2.28. The molecule has 1 saturated heterocycles. The monoisotopic (exact) mass is 267 g/mol. The van der Waals surface area contributed by atoms with Crippen molar-refractivity contribution in [2.24, 2.45) is 0 Å². The summed E-state index contributed by atoms with van der Waals surface area (Å²) in [5.74, 6) is 0. The second kappa shape index (κ2) is 5.57. The molecule has 2 rings (SSSR count). The summed E-state index contributed by atoms with van der Waals surface area (Å²) >= 11 is 1.80. The lowest BCUT2D eigenvalue weighted by molar-refractivity contribution is 0.405. The Balaban J connectivity index is 1.98. The van der Waals surface area contributed by atoms with Gasteiger partial charge < -0.3 is 10.2 Å². The molecule has 0 aliphatic carbocycles. The van der Waals surface area contributed by atoms with E-state index in [0.29, 0.717) is 6.04 Å². The number of anilines is 1. The van der Waals surface area contributed by atoms with Crippen molar-refractivity contribution >= 4 is 16.5 Å². The van der Waals surface area contributed by atoms with E-state index in [0.717, 1.165) is 19.5 Å². The molecule has 1 aromatic rings. The van der Waals surface area contributed by atoms with Crippen molar-refractivity contribution in [3.63, 3.8) is 0 Å². The second-order valence-corrected chi connectivity index (χ2v) is 6.93. The Morgan fingerprint density at radius 3 is 2.89 bits per heavy atom. The van der Waals surface area contributed by atoms with Gasteiger partial charge in [-0.2, -0.15) is 0 Å². The molecule has 3 nitrogen and oxygen atoms in total. The maximum atomic E-state index is 4.72. The third-order valence-electron chi connectivity index (χ3n) is 3.39. The normalized spacial score (nSPS) is 20.7. The van der Waals surface area contributed by atoms with E-state index in [1.54, 1.807) is 11.3 Å². The molecule has 0 bridgehead atoms. The number of aryl methyl sites for hydroxylation is 1. The molecule has 1 atom stereocenters. The fourth-order valence-corrected chi connectivity index (χ4v) is 3.32. The van der Waals surface area contributed by atoms with Crippen LogP contribution in [-0.2, 0) is 6.42 Å². The molecular weight excluding hydrogens is 242 g/mol. The zero-order chi connectivity index (χ0) is 13.2. The lowest BCUT2D eigenvalue weighted by Crippen LogP contribution is -2.45. The van der Waals surface area contributed by atoms with Crippen LogP contribution in [0.15, 0.2) is 5.38 Å². The minimum atomic E-state index is 0.200. The van der Waals surface area contributed by atoms with Crippen LogP contribution in [0.5, 0.6) is 0 Å². The van der Waals surface area contributed by atoms with Crippen LogP contribution in [0, 0.1) is 0 Å². The summed E-state index contributed by atoms with van der Waals surface area (Å²) < 4.78 is 0. The van der Waals surface area contributed by atoms with Crippen molar-refractivity contribution < 1.29 is 0 Å². The van der Waals surface area contributed by atoms with Crippen molar-refractivity contribution in [1.82, 2.24) is 10.3 Å². The smallest absolute Gasteiger partial charge is 0.185 e. The highest BCUT2D eigenvalue weighted by Gasteiger charge is 2.27. The number of thiazole rings is 1. The third-order valence-corrected chi connectivity index (χ3v) is 4.32. The van der Waals surface area contributed by atoms with E-state index in [-0.39, 0.29) is 5.54 Å². The first-order chi connectivity index (χ1) is 8.49. The maximum Gasteiger partial charge on any atom is 0.185 e. The Hall–Kier alpha value is -0.610. The van der Waals surface area contributed by atoms with Gasteiger partial charge in [0.1, 0.15) is 0 Å². The first-order valence-corrected chi connectivity index (χ1v) is 7.83. The summed E-state index contributed by atoms with van der Waals surface area (Å²) in [5, 5.41) is 7.03. The fraction of sp³-hybridized carbons (Fsp3) is 0.786. The number of hydrogen-bond acceptors (Lipinski definition) is 4. The summed E-state index contributed by atoms with van der Waals surface area (Å²) in [6.07, 6.45) is 3.61. The molecule has 2 heterocycles. The largest absolute Gasteiger partial charge is 0.344 e. The van der Waals surface area contributed by atoms with Crippen LogP contribution in [0.3, 0.4) is 0 Å². The lowest BCUT2D eigenvalue weighted by atomic mass is 10.1. The zero-order valence-electron chi connectivity index (χ0n) is 12.0. The molecule has 18 heavy (non-hydrogen) atoms. The average molecular weight is 267 g/mol. The average Bonchev–Trinajstić information content (AvgIpc) is 2.93. The molecular formula is C14H25N3S. The summed E-state index contributed by atoms with van der Waals surface area (Å²) in [6.45, 7) is 11.1. The summed E-state index contributed by atoms with van der Waals surface area (Å²) in [4.78, 5) is 7.21. The highest BCUT2D eigenvalue weighted by atomic mass is 32.1. The molecule has 0 saturated carbocycles. The van der Waals surface area contributed by atoms with E-state index in [9.17, 15) is 0 Å². The van der Waals surface area contributed by atoms with Gasteiger partial charge in [0.25, 0.3) is 0 Å². The van der Waals surface area contributed by atoms with Gasteiger partial charge in [0.05, 0.1) is 5.69 Å². The minimum absolute atomic E-state index is 0.200. The van der Waals surface area contributed by atoms with Crippen LogP contribution in [0.4, 0.5) is 5.13 Å². The summed E-state index contributed by atoms with van der Waals surface area (Å²) in [5.41, 5.74) is 1.43. The van der Waals surface area contributed by atoms with Gasteiger partial charge in [-0.1, -0.05) is 6.92 Å². The molecule has 0 radical (unpaired) electrons. The molecule has 0 aromatic carbocycles. The van der Waals surface area contributed by atoms with Gasteiger partial charge in [0.2, 0.25) is 0 Å². The first-order valence-electron chi connectivity index (χ1n) is 6.95. The standard InChI is InChI=1S/C14H25N3S/c1-5-11-10-18-13(16-11)17-8-6-7-12(17)9-15-14(2,3)4/h10,12,15H,5-9H2,1-4H3. The number of hydrogen-bond donors (Lipinski definition) is 1. The van der Waals surface area contributed by atoms with Crippen molar-refractivity contribution in [2.75, 3.05) is 18.0 Å². The molecule has 1 aromatic heterocycles. The van der Waals surface area contributed by atoms with Crippen molar-refractivity contribution in [2.45, 2.75) is 58.5 Å². The van der Waals surface area contributed by atoms with E-state index >= 15 is 0 Å². The van der Waals surface area contributed by atoms with Crippen molar-refractivity contribution in [1.29, 1.82) is 0 Å². The number of rotatable bonds is 4.